The van der Waals surface area contributed by atoms with E-state index < -0.39 is 5.41 Å². The highest BCUT2D eigenvalue weighted by molar-refractivity contribution is 5.90. The fourth-order valence-corrected chi connectivity index (χ4v) is 9.42. The Balaban J connectivity index is -0.000000239. The number of nitrogens with one attached hydrogen (secondary N) is 5. The van der Waals surface area contributed by atoms with Crippen molar-refractivity contribution in [2.24, 2.45) is 75.8 Å². The fourth-order valence-electron chi connectivity index (χ4n) is 9.42. The van der Waals surface area contributed by atoms with E-state index in [1.807, 2.05) is 291 Å². The van der Waals surface area contributed by atoms with Crippen molar-refractivity contribution in [2.45, 2.75) is 382 Å². The molecular weight excluding hydrogens is 1780 g/mol. The van der Waals surface area contributed by atoms with E-state index in [9.17, 15) is 67.1 Å². The van der Waals surface area contributed by atoms with Gasteiger partial charge in [0.1, 0.15) is 62.8 Å². The molecule has 5 amide bonds. The molecule has 0 atom stereocenters. The van der Waals surface area contributed by atoms with E-state index in [0.717, 1.165) is 6.42 Å². The Morgan fingerprint density at radius 1 is 0.187 bits per heavy atom. The van der Waals surface area contributed by atoms with Crippen LogP contribution in [-0.4, -0.2) is 258 Å². The molecule has 30 heteroatoms. The first kappa shape index (κ1) is 148. The van der Waals surface area contributed by atoms with Crippen molar-refractivity contribution < 1.29 is 119 Å². The van der Waals surface area contributed by atoms with Gasteiger partial charge in [0.25, 0.3) is 0 Å². The maximum absolute atomic E-state index is 11.7. The van der Waals surface area contributed by atoms with E-state index >= 15 is 0 Å². The second-order valence-corrected chi connectivity index (χ2v) is 51.6. The van der Waals surface area contributed by atoms with Crippen LogP contribution in [0.25, 0.3) is 0 Å². The summed E-state index contributed by atoms with van der Waals surface area (Å²) in [5, 5.41) is 14.0. The van der Waals surface area contributed by atoms with Gasteiger partial charge in [0.05, 0.1) is 99.1 Å². The van der Waals surface area contributed by atoms with Gasteiger partial charge in [-0.2, -0.15) is 0 Å². The van der Waals surface area contributed by atoms with Crippen molar-refractivity contribution in [1.29, 1.82) is 0 Å². The highest BCUT2D eigenvalue weighted by Crippen LogP contribution is 2.29. The van der Waals surface area contributed by atoms with Crippen LogP contribution in [0.1, 0.15) is 371 Å². The van der Waals surface area contributed by atoms with Gasteiger partial charge in [0, 0.05) is 134 Å². The smallest absolute Gasteiger partial charge is 0.246 e. The number of amides is 5. The van der Waals surface area contributed by atoms with Gasteiger partial charge in [-0.1, -0.05) is 291 Å². The topological polar surface area (TPSA) is 401 Å². The Bertz CT molecular complexity index is 3300. The molecule has 30 nitrogen and oxygen atoms in total. The van der Waals surface area contributed by atoms with E-state index in [0.29, 0.717) is 163 Å². The summed E-state index contributed by atoms with van der Waals surface area (Å²) in [7, 11) is 0. The molecule has 0 radical (unpaired) electrons. The van der Waals surface area contributed by atoms with Crippen LogP contribution in [0.4, 0.5) is 0 Å². The number of carbonyl (C=O) groups excluding carboxylic acids is 14. The molecule has 0 spiro atoms. The number of Topliss-reactive ketones (excluding diaryl/α,β-unsaturated/α-hetero) is 9. The van der Waals surface area contributed by atoms with Crippen LogP contribution in [0.15, 0.2) is 0 Å². The maximum atomic E-state index is 11.7. The molecule has 0 aromatic carbocycles. The van der Waals surface area contributed by atoms with E-state index in [4.69, 9.17) is 52.1 Å². The lowest BCUT2D eigenvalue weighted by Crippen LogP contribution is -2.42. The lowest BCUT2D eigenvalue weighted by molar-refractivity contribution is -0.135. The van der Waals surface area contributed by atoms with Crippen LogP contribution in [-0.2, 0) is 119 Å². The van der Waals surface area contributed by atoms with Crippen molar-refractivity contribution in [3.05, 3.63) is 0 Å². The standard InChI is InChI=1S/C19H37NO6.C18H34O5.C15H29NO4.C13H25NO3.C12H23NO3.C12H23NO2.C11H22O.C9H18O/c1-18(2,3)16(21)15-26-14-13-25-12-11-24-10-9-23-8-7-20-17(22)19(4,5)6;1-17(2,3)15(19)8-7-9-21-10-11-22-12-13-23-14-16(20)18(4,5)6;1-14(2,3)12(17)11-20-10-9-19-8-7-16-13(18)15(4,5)6;1-12(2,3)10(15)9-17-8-7-14-11(16)13(4,5)6;1-11(2,3)9(14)7-16-8-10(15)13-12(4,5)6;1-11(2,3)9(14)7-8-10(15)13-12(4,5)6;1-10(2,3)7-9(12)8-11(4,5)6;1-8(2,3)7(10)9(4,5)6/h7-15H2,1-6H3,(H,20,22);7-14H2,1-6H3;7-11H2,1-6H3,(H,16,18);7-9H2,1-6H3,(H,14,16);7-8H2,1-6H3,(H,13,15);7-8H2,1-6H3,(H,13,15);7-8H2,1-6H3;1-6H3. The van der Waals surface area contributed by atoms with E-state index in [2.05, 4.69) is 68.1 Å². The average molecular weight is 1990 g/mol. The quantitative estimate of drug-likeness (QED) is 0.0353. The van der Waals surface area contributed by atoms with E-state index in [1.54, 1.807) is 0 Å². The number of rotatable bonds is 48. The predicted octanol–water partition coefficient (Wildman–Crippen LogP) is 18.4. The normalized spacial score (nSPS) is 12.5. The van der Waals surface area contributed by atoms with Gasteiger partial charge in [0.15, 0.2) is 28.9 Å². The van der Waals surface area contributed by atoms with Gasteiger partial charge in [-0.05, 0) is 58.8 Å². The number of carbonyl (C=O) groups is 14. The summed E-state index contributed by atoms with van der Waals surface area (Å²) in [4.78, 5) is 161. The molecule has 139 heavy (non-hydrogen) atoms. The Morgan fingerprint density at radius 3 is 0.604 bits per heavy atom. The molecule has 0 aliphatic rings. The monoisotopic (exact) mass is 1990 g/mol. The minimum Gasteiger partial charge on any atom is -0.379 e. The molecule has 0 aromatic rings. The van der Waals surface area contributed by atoms with Gasteiger partial charge >= 0.3 is 0 Å². The Kier molecular flexibility index (Phi) is 75.4. The summed E-state index contributed by atoms with van der Waals surface area (Å²) in [6, 6.07) is 0. The molecule has 0 heterocycles. The predicted molar refractivity (Wildman–Crippen MR) is 559 cm³/mol. The van der Waals surface area contributed by atoms with Crippen LogP contribution in [0.2, 0.25) is 0 Å². The second-order valence-electron chi connectivity index (χ2n) is 51.6. The SMILES string of the molecule is CC(C)(C)C(=O)C(C)(C)C.CC(C)(C)C(=O)CCCOCCOCCOCC(=O)C(C)(C)C.CC(C)(C)C(=O)COCCNC(=O)C(C)(C)C.CC(C)(C)C(=O)COCCOCCNC(=O)C(C)(C)C.CC(C)(C)C(=O)COCCOCCOCCOCCNC(=O)C(C)(C)C.CC(C)(C)CC(=O)CC(C)(C)C.CC(C)(C)NC(=O)CCC(=O)C(C)(C)C.CC(C)(C)NC(=O)COCC(=O)C(C)(C)C. The molecule has 0 aliphatic heterocycles. The summed E-state index contributed by atoms with van der Waals surface area (Å²) in [6.07, 6.45) is 3.31. The zero-order chi connectivity index (χ0) is 111. The van der Waals surface area contributed by atoms with Gasteiger partial charge < -0.3 is 78.7 Å². The molecule has 0 saturated heterocycles. The van der Waals surface area contributed by atoms with Crippen LogP contribution >= 0.6 is 0 Å². The third-order valence-corrected chi connectivity index (χ3v) is 18.2. The number of hydrogen-bond acceptors (Lipinski definition) is 25. The highest BCUT2D eigenvalue weighted by Gasteiger charge is 2.33. The van der Waals surface area contributed by atoms with Crippen molar-refractivity contribution in [3.8, 4) is 0 Å². The van der Waals surface area contributed by atoms with Gasteiger partial charge in [-0.25, -0.2) is 0 Å². The molecule has 822 valence electrons. The van der Waals surface area contributed by atoms with Gasteiger partial charge in [-0.15, -0.1) is 0 Å². The minimum atomic E-state index is -0.416. The Morgan fingerprint density at radius 2 is 0.388 bits per heavy atom. The molecule has 0 saturated carbocycles. The highest BCUT2D eigenvalue weighted by atomic mass is 16.6. The van der Waals surface area contributed by atoms with Gasteiger partial charge in [0.2, 0.25) is 29.5 Å². The van der Waals surface area contributed by atoms with Crippen LogP contribution < -0.4 is 26.6 Å². The molecule has 5 N–H and O–H groups in total. The Labute approximate surface area is 845 Å². The molecule has 0 unspecified atom stereocenters. The first-order valence-corrected chi connectivity index (χ1v) is 49.6. The average Bonchev–Trinajstić information content (AvgIpc) is 0.847. The first-order valence-electron chi connectivity index (χ1n) is 49.6. The molecule has 0 rings (SSSR count). The largest absolute Gasteiger partial charge is 0.379 e. The van der Waals surface area contributed by atoms with E-state index in [1.165, 1.54) is 0 Å². The number of ketones is 9. The summed E-state index contributed by atoms with van der Waals surface area (Å²) >= 11 is 0. The molecule has 0 aliphatic carbocycles. The van der Waals surface area contributed by atoms with Gasteiger partial charge in [-0.3, -0.25) is 67.1 Å². The molecule has 0 aromatic heterocycles. The van der Waals surface area contributed by atoms with Crippen molar-refractivity contribution in [3.63, 3.8) is 0 Å². The lowest BCUT2D eigenvalue weighted by atomic mass is 9.76. The third-order valence-electron chi connectivity index (χ3n) is 18.2. The summed E-state index contributed by atoms with van der Waals surface area (Å²) in [5.74, 6) is 1.17. The van der Waals surface area contributed by atoms with E-state index in [-0.39, 0.29) is 198 Å². The van der Waals surface area contributed by atoms with Crippen molar-refractivity contribution >= 4 is 81.6 Å². The minimum absolute atomic E-state index is 0.00365. The Hall–Kier alpha value is -6.06. The van der Waals surface area contributed by atoms with Crippen molar-refractivity contribution in [1.82, 2.24) is 26.6 Å². The van der Waals surface area contributed by atoms with Crippen molar-refractivity contribution in [2.75, 3.05) is 165 Å². The van der Waals surface area contributed by atoms with Crippen LogP contribution in [0, 0.1) is 75.8 Å². The maximum Gasteiger partial charge on any atom is 0.246 e. The first-order chi connectivity index (χ1) is 62.0. The lowest BCUT2D eigenvalue weighted by Gasteiger charge is -2.26. The number of hydrogen-bond donors (Lipinski definition) is 5. The molecular formula is C109H211N5O25. The molecule has 0 bridgehead atoms. The molecule has 0 fully saturated rings. The third kappa shape index (κ3) is 103. The van der Waals surface area contributed by atoms with Crippen LogP contribution in [0.5, 0.6) is 0 Å². The summed E-state index contributed by atoms with van der Waals surface area (Å²) in [6.45, 7) is 101. The summed E-state index contributed by atoms with van der Waals surface area (Å²) < 4.78 is 58.3. The zero-order valence-corrected chi connectivity index (χ0v) is 97.6. The summed E-state index contributed by atoms with van der Waals surface area (Å²) in [5.41, 5.74) is -4.23. The fraction of sp³-hybridized carbons (Fsp3) is 0.872. The van der Waals surface area contributed by atoms with Crippen LogP contribution in [0.3, 0.4) is 0 Å². The number of ether oxygens (including phenoxy) is 11. The zero-order valence-electron chi connectivity index (χ0n) is 97.6. The second kappa shape index (κ2) is 70.6.